The van der Waals surface area contributed by atoms with Crippen molar-refractivity contribution in [3.8, 4) is 0 Å². The van der Waals surface area contributed by atoms with Gasteiger partial charge >= 0.3 is 0 Å². The standard InChI is InChI=1S/C14H13Cl3Si/c15-9-14(18,10-5-7-11(16)8-6-10)12-3-1-2-4-13(12)17/h1-8H,9H2,18H3. The summed E-state index contributed by atoms with van der Waals surface area (Å²) >= 11 is 18.5. The fourth-order valence-electron chi connectivity index (χ4n) is 2.03. The average molecular weight is 316 g/mol. The van der Waals surface area contributed by atoms with E-state index in [4.69, 9.17) is 34.8 Å². The van der Waals surface area contributed by atoms with Crippen LogP contribution in [0, 0.1) is 0 Å². The molecule has 0 aliphatic rings. The van der Waals surface area contributed by atoms with Gasteiger partial charge in [-0.1, -0.05) is 53.5 Å². The summed E-state index contributed by atoms with van der Waals surface area (Å²) in [6.45, 7) is 0. The van der Waals surface area contributed by atoms with Gasteiger partial charge in [0, 0.05) is 31.2 Å². The van der Waals surface area contributed by atoms with Crippen molar-refractivity contribution in [2.24, 2.45) is 0 Å². The predicted octanol–water partition coefficient (Wildman–Crippen LogP) is 3.84. The van der Waals surface area contributed by atoms with Crippen molar-refractivity contribution in [1.29, 1.82) is 0 Å². The van der Waals surface area contributed by atoms with Crippen LogP contribution in [-0.2, 0) is 5.04 Å². The molecule has 94 valence electrons. The molecular weight excluding hydrogens is 303 g/mol. The van der Waals surface area contributed by atoms with Crippen molar-refractivity contribution in [3.63, 3.8) is 0 Å². The minimum absolute atomic E-state index is 0.176. The van der Waals surface area contributed by atoms with Gasteiger partial charge in [-0.25, -0.2) is 0 Å². The molecule has 0 aliphatic carbocycles. The van der Waals surface area contributed by atoms with Crippen molar-refractivity contribution in [3.05, 3.63) is 69.7 Å². The Balaban J connectivity index is 2.55. The van der Waals surface area contributed by atoms with Gasteiger partial charge in [-0.2, -0.15) is 0 Å². The zero-order chi connectivity index (χ0) is 13.2. The maximum absolute atomic E-state index is 6.31. The lowest BCUT2D eigenvalue weighted by atomic mass is 9.91. The first-order chi connectivity index (χ1) is 8.58. The maximum Gasteiger partial charge on any atom is 0.0444 e. The van der Waals surface area contributed by atoms with E-state index in [1.807, 2.05) is 48.5 Å². The quantitative estimate of drug-likeness (QED) is 0.596. The zero-order valence-electron chi connectivity index (χ0n) is 9.96. The molecule has 4 heteroatoms. The Morgan fingerprint density at radius 1 is 0.944 bits per heavy atom. The van der Waals surface area contributed by atoms with E-state index in [2.05, 4.69) is 0 Å². The molecular formula is C14H13Cl3Si. The Kier molecular flexibility index (Phi) is 4.39. The van der Waals surface area contributed by atoms with E-state index in [0.29, 0.717) is 5.88 Å². The summed E-state index contributed by atoms with van der Waals surface area (Å²) in [5, 5.41) is 1.32. The summed E-state index contributed by atoms with van der Waals surface area (Å²) in [6.07, 6.45) is 0. The van der Waals surface area contributed by atoms with E-state index < -0.39 is 0 Å². The molecule has 0 aromatic heterocycles. The Morgan fingerprint density at radius 3 is 2.11 bits per heavy atom. The van der Waals surface area contributed by atoms with Gasteiger partial charge in [-0.15, -0.1) is 11.6 Å². The first-order valence-corrected chi connectivity index (χ1v) is 7.94. The van der Waals surface area contributed by atoms with Crippen molar-refractivity contribution in [1.82, 2.24) is 0 Å². The van der Waals surface area contributed by atoms with Gasteiger partial charge in [0.25, 0.3) is 0 Å². The van der Waals surface area contributed by atoms with E-state index >= 15 is 0 Å². The Hall–Kier alpha value is -0.473. The van der Waals surface area contributed by atoms with Crippen LogP contribution in [0.25, 0.3) is 0 Å². The number of alkyl halides is 1. The monoisotopic (exact) mass is 314 g/mol. The van der Waals surface area contributed by atoms with Crippen LogP contribution in [0.15, 0.2) is 48.5 Å². The minimum Gasteiger partial charge on any atom is -0.126 e. The first kappa shape index (κ1) is 13.9. The van der Waals surface area contributed by atoms with Crippen molar-refractivity contribution in [2.75, 3.05) is 5.88 Å². The average Bonchev–Trinajstić information content (AvgIpc) is 2.39. The third-order valence-electron chi connectivity index (χ3n) is 3.22. The molecule has 0 nitrogen and oxygen atoms in total. The molecule has 0 bridgehead atoms. The van der Waals surface area contributed by atoms with E-state index in [0.717, 1.165) is 25.9 Å². The van der Waals surface area contributed by atoms with Crippen molar-refractivity contribution in [2.45, 2.75) is 5.04 Å². The highest BCUT2D eigenvalue weighted by Gasteiger charge is 2.29. The fourth-order valence-corrected chi connectivity index (χ4v) is 3.73. The molecule has 0 fully saturated rings. The Bertz CT molecular complexity index is 539. The summed E-state index contributed by atoms with van der Waals surface area (Å²) in [4.78, 5) is 0. The smallest absolute Gasteiger partial charge is 0.0444 e. The van der Waals surface area contributed by atoms with Crippen LogP contribution < -0.4 is 0 Å². The topological polar surface area (TPSA) is 0 Å². The van der Waals surface area contributed by atoms with E-state index in [1.165, 1.54) is 5.56 Å². The van der Waals surface area contributed by atoms with Crippen molar-refractivity contribution >= 4 is 45.0 Å². The molecule has 2 rings (SSSR count). The fraction of sp³-hybridized carbons (Fsp3) is 0.143. The number of hydrogen-bond donors (Lipinski definition) is 0. The second-order valence-electron chi connectivity index (χ2n) is 4.45. The third-order valence-corrected chi connectivity index (χ3v) is 6.25. The van der Waals surface area contributed by atoms with Gasteiger partial charge in [0.15, 0.2) is 0 Å². The normalized spacial score (nSPS) is 14.4. The second-order valence-corrected chi connectivity index (χ2v) is 7.27. The summed E-state index contributed by atoms with van der Waals surface area (Å²) in [5.74, 6) is 0.518. The van der Waals surface area contributed by atoms with Crippen LogP contribution in [-0.4, -0.2) is 16.1 Å². The predicted molar refractivity (Wildman–Crippen MR) is 84.3 cm³/mol. The molecule has 1 atom stereocenters. The summed E-state index contributed by atoms with van der Waals surface area (Å²) in [7, 11) is 0.881. The first-order valence-electron chi connectivity index (χ1n) is 5.65. The summed E-state index contributed by atoms with van der Waals surface area (Å²) < 4.78 is 0. The zero-order valence-corrected chi connectivity index (χ0v) is 14.2. The highest BCUT2D eigenvalue weighted by molar-refractivity contribution is 6.34. The molecule has 0 aliphatic heterocycles. The third kappa shape index (κ3) is 2.60. The lowest BCUT2D eigenvalue weighted by Gasteiger charge is -2.29. The van der Waals surface area contributed by atoms with Gasteiger partial charge in [-0.3, -0.25) is 0 Å². The summed E-state index contributed by atoms with van der Waals surface area (Å²) in [6, 6.07) is 15.7. The highest BCUT2D eigenvalue weighted by atomic mass is 35.5. The SMILES string of the molecule is [SiH3]C(CCl)(c1ccc(Cl)cc1)c1ccccc1Cl. The molecule has 18 heavy (non-hydrogen) atoms. The lowest BCUT2D eigenvalue weighted by molar-refractivity contribution is 0.830. The number of rotatable bonds is 3. The largest absolute Gasteiger partial charge is 0.126 e. The number of hydrogen-bond acceptors (Lipinski definition) is 0. The molecule has 0 amide bonds. The number of halogens is 3. The van der Waals surface area contributed by atoms with E-state index in [1.54, 1.807) is 0 Å². The van der Waals surface area contributed by atoms with Crippen LogP contribution in [0.3, 0.4) is 0 Å². The molecule has 0 heterocycles. The molecule has 2 aromatic rings. The molecule has 0 saturated heterocycles. The van der Waals surface area contributed by atoms with Gasteiger partial charge in [0.05, 0.1) is 0 Å². The molecule has 0 N–H and O–H groups in total. The number of benzene rings is 2. The van der Waals surface area contributed by atoms with Crippen LogP contribution in [0.2, 0.25) is 10.0 Å². The van der Waals surface area contributed by atoms with E-state index in [-0.39, 0.29) is 5.04 Å². The molecule has 0 radical (unpaired) electrons. The second kappa shape index (κ2) is 5.66. The van der Waals surface area contributed by atoms with Gasteiger partial charge in [-0.05, 0) is 29.3 Å². The van der Waals surface area contributed by atoms with E-state index in [9.17, 15) is 0 Å². The highest BCUT2D eigenvalue weighted by Crippen LogP contribution is 2.35. The summed E-state index contributed by atoms with van der Waals surface area (Å²) in [5.41, 5.74) is 2.26. The Labute approximate surface area is 125 Å². The van der Waals surface area contributed by atoms with Crippen LogP contribution in [0.5, 0.6) is 0 Å². The lowest BCUT2D eigenvalue weighted by Crippen LogP contribution is -2.30. The van der Waals surface area contributed by atoms with Gasteiger partial charge in [0.1, 0.15) is 0 Å². The van der Waals surface area contributed by atoms with Crippen LogP contribution in [0.4, 0.5) is 0 Å². The van der Waals surface area contributed by atoms with Crippen LogP contribution in [0.1, 0.15) is 11.1 Å². The minimum atomic E-state index is -0.176. The van der Waals surface area contributed by atoms with Gasteiger partial charge in [0.2, 0.25) is 0 Å². The molecule has 0 saturated carbocycles. The molecule has 0 spiro atoms. The molecule has 2 aromatic carbocycles. The maximum atomic E-state index is 6.31. The Morgan fingerprint density at radius 2 is 1.56 bits per heavy atom. The molecule has 1 unspecified atom stereocenters. The van der Waals surface area contributed by atoms with Gasteiger partial charge < -0.3 is 0 Å². The van der Waals surface area contributed by atoms with Crippen LogP contribution >= 0.6 is 34.8 Å². The van der Waals surface area contributed by atoms with Crippen molar-refractivity contribution < 1.29 is 0 Å².